The Morgan fingerprint density at radius 3 is 1.10 bits per heavy atom. The van der Waals surface area contributed by atoms with Crippen molar-refractivity contribution in [1.29, 1.82) is 0 Å². The van der Waals surface area contributed by atoms with Gasteiger partial charge in [0, 0.05) is 22.0 Å². The monoisotopic (exact) mass is 1270 g/mol. The molecule has 2 spiro atoms. The largest absolute Gasteiger partial charge is 1.00 e. The zero-order chi connectivity index (χ0) is 63.7. The maximum atomic E-state index is 6.58. The summed E-state index contributed by atoms with van der Waals surface area (Å²) in [5.41, 5.74) is 21.6. The number of benzene rings is 10. The van der Waals surface area contributed by atoms with Crippen molar-refractivity contribution in [2.24, 2.45) is 0 Å². The molecular weight excluding hydrogens is 1190 g/mol. The predicted molar refractivity (Wildman–Crippen MR) is 380 cm³/mol. The third kappa shape index (κ3) is 10.7. The Bertz CT molecular complexity index is 4200. The van der Waals surface area contributed by atoms with Crippen LogP contribution in [-0.4, -0.2) is 42.9 Å². The molecule has 0 saturated carbocycles. The van der Waals surface area contributed by atoms with Gasteiger partial charge in [0.15, 0.2) is 0 Å². The van der Waals surface area contributed by atoms with Crippen molar-refractivity contribution in [3.63, 3.8) is 0 Å². The van der Waals surface area contributed by atoms with Crippen LogP contribution >= 0.6 is 15.9 Å². The second kappa shape index (κ2) is 25.3. The molecule has 2 aliphatic carbocycles. The summed E-state index contributed by atoms with van der Waals surface area (Å²) in [5.74, 6) is 0. The van der Waals surface area contributed by atoms with Crippen LogP contribution in [0, 0.1) is 6.92 Å². The molecule has 2 saturated heterocycles. The number of fused-ring (bicyclic) bond motifs is 18. The minimum absolute atomic E-state index is 0. The van der Waals surface area contributed by atoms with Gasteiger partial charge in [-0.15, -0.1) is 0 Å². The Morgan fingerprint density at radius 2 is 0.717 bits per heavy atom. The molecule has 7 nitrogen and oxygen atoms in total. The minimum atomic E-state index is -0.523. The standard InChI is InChI=1S/C37H32BNO2.C31H20BrN.C9H19BO3.C4H9.Li/c1-35(2)36(3,4)41-38(40-35)25-22-23-34-32(24-25)37(29-18-10-8-16-27(29)28-17-9-11-19-30(28)37)31-20-12-13-21-33(31)39(34)26-14-6-5-7-15-26;32-21-18-19-30-28(20-21)31(25-14-6-4-12-23(25)24-13-5-7-15-26(24)31)27-16-8-9-17-29(27)33(30)22-10-2-1-3-11-22;1-7(2)11-10-12-8(3,4)9(5,6)13-10;1-3-4-2;/h5-24H,1-4H3;1-20H;7H,1-6H3;1,3-4H2,2H3;/q;;;-1;+1. The second-order valence-corrected chi connectivity index (χ2v) is 27.6. The van der Waals surface area contributed by atoms with E-state index in [2.05, 4.69) is 310 Å². The molecule has 0 unspecified atom stereocenters. The zero-order valence-corrected chi connectivity index (χ0v) is 56.8. The average molecular weight is 1270 g/mol. The molecule has 0 aromatic heterocycles. The fourth-order valence-corrected chi connectivity index (χ4v) is 14.5. The number of hydrogen-bond acceptors (Lipinski definition) is 7. The minimum Gasteiger partial charge on any atom is -0.399 e. The quantitative estimate of drug-likeness (QED) is 0.121. The van der Waals surface area contributed by atoms with Gasteiger partial charge in [0.1, 0.15) is 0 Å². The van der Waals surface area contributed by atoms with E-state index in [0.717, 1.165) is 22.0 Å². The molecule has 6 aliphatic rings. The van der Waals surface area contributed by atoms with Crippen LogP contribution in [0.15, 0.2) is 247 Å². The number of hydrogen-bond donors (Lipinski definition) is 0. The van der Waals surface area contributed by atoms with Gasteiger partial charge in [0.25, 0.3) is 0 Å². The first-order chi connectivity index (χ1) is 43.8. The summed E-state index contributed by atoms with van der Waals surface area (Å²) in [4.78, 5) is 4.82. The Kier molecular flexibility index (Phi) is 17.8. The van der Waals surface area contributed by atoms with E-state index in [4.69, 9.17) is 23.3 Å². The second-order valence-electron chi connectivity index (χ2n) is 26.7. The molecule has 0 N–H and O–H groups in total. The van der Waals surface area contributed by atoms with E-state index in [1.807, 2.05) is 41.5 Å². The fourth-order valence-electron chi connectivity index (χ4n) is 14.1. The van der Waals surface area contributed by atoms with Gasteiger partial charge in [-0.25, -0.2) is 0 Å². The van der Waals surface area contributed by atoms with Crippen LogP contribution in [0.2, 0.25) is 0 Å². The molecule has 92 heavy (non-hydrogen) atoms. The van der Waals surface area contributed by atoms with Crippen molar-refractivity contribution < 1.29 is 42.1 Å². The van der Waals surface area contributed by atoms with E-state index in [1.165, 1.54) is 102 Å². The van der Waals surface area contributed by atoms with E-state index >= 15 is 0 Å². The molecule has 2 fully saturated rings. The molecule has 11 heteroatoms. The van der Waals surface area contributed by atoms with Gasteiger partial charge in [0.2, 0.25) is 0 Å². The number of rotatable bonds is 6. The van der Waals surface area contributed by atoms with Crippen LogP contribution in [0.1, 0.15) is 134 Å². The first kappa shape index (κ1) is 64.9. The van der Waals surface area contributed by atoms with Gasteiger partial charge >= 0.3 is 33.3 Å². The van der Waals surface area contributed by atoms with E-state index < -0.39 is 31.1 Å². The first-order valence-electron chi connectivity index (χ1n) is 32.2. The van der Waals surface area contributed by atoms with Gasteiger partial charge in [-0.1, -0.05) is 211 Å². The predicted octanol–water partition coefficient (Wildman–Crippen LogP) is 17.4. The van der Waals surface area contributed by atoms with E-state index in [-0.39, 0.29) is 41.6 Å². The smallest absolute Gasteiger partial charge is 0.399 e. The number of unbranched alkanes of at least 4 members (excludes halogenated alkanes) is 1. The summed E-state index contributed by atoms with van der Waals surface area (Å²) in [6, 6.07) is 88.4. The third-order valence-electron chi connectivity index (χ3n) is 19.8. The topological polar surface area (TPSA) is 52.6 Å². The summed E-state index contributed by atoms with van der Waals surface area (Å²) >= 11 is 3.80. The molecule has 0 atom stereocenters. The average Bonchev–Trinajstić information content (AvgIpc) is 1.44. The van der Waals surface area contributed by atoms with E-state index in [1.54, 1.807) is 0 Å². The Morgan fingerprint density at radius 1 is 0.402 bits per heavy atom. The van der Waals surface area contributed by atoms with Gasteiger partial charge < -0.3 is 40.0 Å². The summed E-state index contributed by atoms with van der Waals surface area (Å²) in [5, 5.41) is 0. The van der Waals surface area contributed by atoms with Crippen molar-refractivity contribution in [2.75, 3.05) is 9.80 Å². The van der Waals surface area contributed by atoms with Crippen LogP contribution < -0.4 is 34.1 Å². The summed E-state index contributed by atoms with van der Waals surface area (Å²) in [6.07, 6.45) is 2.40. The number of nitrogens with zero attached hydrogens (tertiary/aromatic N) is 2. The molecular formula is C81H80B2BrLiN2O5. The summed E-state index contributed by atoms with van der Waals surface area (Å²) in [7, 11) is -0.971. The third-order valence-corrected chi connectivity index (χ3v) is 20.3. The first-order valence-corrected chi connectivity index (χ1v) is 33.0. The Labute approximate surface area is 567 Å². The van der Waals surface area contributed by atoms with Gasteiger partial charge in [-0.2, -0.15) is 6.42 Å². The normalized spacial score (nSPS) is 17.4. The van der Waals surface area contributed by atoms with Crippen molar-refractivity contribution in [3.05, 3.63) is 299 Å². The molecule has 0 bridgehead atoms. The molecule has 4 aliphatic heterocycles. The SMILES string of the molecule is Brc1ccc2c(c1)C1(c3ccccc3-c3ccccc31)c1ccccc1N2c1ccccc1.CC(C)OB1OC(C)(C)C(C)(C)O1.CC1(C)OB(c2ccc3c(c2)C2(c4ccccc4-c4ccccc42)c2ccccc2N3c2ccccc2)OC1(C)C.[CH2-]CCC.[Li+]. The number of anilines is 6. The van der Waals surface area contributed by atoms with Gasteiger partial charge in [-0.05, 0) is 202 Å². The molecule has 10 aromatic carbocycles. The van der Waals surface area contributed by atoms with Gasteiger partial charge in [0.05, 0.1) is 56.0 Å². The molecule has 0 radical (unpaired) electrons. The number of para-hydroxylation sites is 4. The van der Waals surface area contributed by atoms with Crippen molar-refractivity contribution in [1.82, 2.24) is 0 Å². The molecule has 4 heterocycles. The maximum absolute atomic E-state index is 6.58. The molecule has 0 amide bonds. The molecule has 458 valence electrons. The van der Waals surface area contributed by atoms with Crippen LogP contribution in [-0.2, 0) is 34.1 Å². The van der Waals surface area contributed by atoms with Crippen molar-refractivity contribution in [3.8, 4) is 22.3 Å². The van der Waals surface area contributed by atoms with Crippen molar-refractivity contribution >= 4 is 70.0 Å². The maximum Gasteiger partial charge on any atom is 1.00 e. The molecule has 16 rings (SSSR count). The van der Waals surface area contributed by atoms with Crippen LogP contribution in [0.25, 0.3) is 22.3 Å². The van der Waals surface area contributed by atoms with Crippen LogP contribution in [0.4, 0.5) is 34.1 Å². The van der Waals surface area contributed by atoms with Crippen LogP contribution in [0.5, 0.6) is 0 Å². The Balaban J connectivity index is 0.000000143. The number of halogens is 1. The zero-order valence-electron chi connectivity index (χ0n) is 55.3. The summed E-state index contributed by atoms with van der Waals surface area (Å²) < 4.78 is 30.9. The molecule has 10 aromatic rings. The van der Waals surface area contributed by atoms with E-state index in [0.29, 0.717) is 0 Å². The van der Waals surface area contributed by atoms with E-state index in [9.17, 15) is 0 Å². The van der Waals surface area contributed by atoms with Crippen LogP contribution in [0.3, 0.4) is 0 Å². The van der Waals surface area contributed by atoms with Crippen molar-refractivity contribution in [2.45, 2.75) is 128 Å². The fraction of sp³-hybridized carbons (Fsp3) is 0.247. The summed E-state index contributed by atoms with van der Waals surface area (Å²) in [6.45, 7) is 26.2. The Hall–Kier alpha value is -7.19. The van der Waals surface area contributed by atoms with Gasteiger partial charge in [-0.3, -0.25) is 0 Å².